The van der Waals surface area contributed by atoms with Crippen molar-refractivity contribution in [3.05, 3.63) is 39.1 Å². The molecule has 0 aromatic carbocycles. The number of nitrogens with zero attached hydrogens (tertiary/aromatic N) is 2. The molecule has 3 nitrogen and oxygen atoms in total. The number of anilines is 2. The lowest BCUT2D eigenvalue weighted by Crippen LogP contribution is -2.15. The fourth-order valence-electron chi connectivity index (χ4n) is 1.73. The van der Waals surface area contributed by atoms with E-state index < -0.39 is 0 Å². The first-order chi connectivity index (χ1) is 8.58. The Morgan fingerprint density at radius 3 is 2.83 bits per heavy atom. The summed E-state index contributed by atoms with van der Waals surface area (Å²) in [6.45, 7) is 2.16. The summed E-state index contributed by atoms with van der Waals surface area (Å²) in [4.78, 5) is 7.70. The van der Waals surface area contributed by atoms with Crippen LogP contribution < -0.4 is 10.2 Å². The minimum absolute atomic E-state index is 0.268. The van der Waals surface area contributed by atoms with Gasteiger partial charge in [-0.3, -0.25) is 0 Å². The summed E-state index contributed by atoms with van der Waals surface area (Å²) >= 11 is 5.23. The molecule has 0 aliphatic rings. The molecule has 0 aliphatic heterocycles. The fourth-order valence-corrected chi connectivity index (χ4v) is 3.18. The van der Waals surface area contributed by atoms with Crippen LogP contribution in [0.4, 0.5) is 11.5 Å². The van der Waals surface area contributed by atoms with E-state index in [0.29, 0.717) is 0 Å². The highest BCUT2D eigenvalue weighted by Crippen LogP contribution is 2.30. The molecule has 2 rings (SSSR count). The Labute approximate surface area is 120 Å². The molecule has 0 radical (unpaired) electrons. The van der Waals surface area contributed by atoms with Gasteiger partial charge in [-0.2, -0.15) is 0 Å². The molecule has 1 atom stereocenters. The minimum Gasteiger partial charge on any atom is -0.375 e. The summed E-state index contributed by atoms with van der Waals surface area (Å²) in [5.41, 5.74) is 1.06. The number of hydrogen-bond donors (Lipinski definition) is 1. The number of pyridine rings is 1. The van der Waals surface area contributed by atoms with Crippen molar-refractivity contribution in [1.82, 2.24) is 4.98 Å². The van der Waals surface area contributed by atoms with Crippen LogP contribution in [0.15, 0.2) is 34.2 Å². The maximum atomic E-state index is 4.39. The monoisotopic (exact) mass is 325 g/mol. The molecule has 0 spiro atoms. The molecule has 1 unspecified atom stereocenters. The van der Waals surface area contributed by atoms with Gasteiger partial charge in [0.15, 0.2) is 5.82 Å². The maximum Gasteiger partial charge on any atom is 0.151 e. The first kappa shape index (κ1) is 13.4. The summed E-state index contributed by atoms with van der Waals surface area (Å²) in [7, 11) is 4.00. The zero-order chi connectivity index (χ0) is 13.1. The molecule has 5 heteroatoms. The van der Waals surface area contributed by atoms with Gasteiger partial charge < -0.3 is 10.2 Å². The highest BCUT2D eigenvalue weighted by atomic mass is 79.9. The molecule has 18 heavy (non-hydrogen) atoms. The van der Waals surface area contributed by atoms with Gasteiger partial charge in [0, 0.05) is 35.0 Å². The Bertz CT molecular complexity index is 524. The first-order valence-electron chi connectivity index (χ1n) is 5.70. The van der Waals surface area contributed by atoms with E-state index in [1.54, 1.807) is 11.3 Å². The number of nitrogens with one attached hydrogen (secondary N) is 1. The van der Waals surface area contributed by atoms with E-state index in [4.69, 9.17) is 0 Å². The van der Waals surface area contributed by atoms with E-state index >= 15 is 0 Å². The molecular formula is C13H16BrN3S. The molecule has 0 saturated heterocycles. The van der Waals surface area contributed by atoms with E-state index in [-0.39, 0.29) is 6.04 Å². The second-order valence-electron chi connectivity index (χ2n) is 4.30. The fraction of sp³-hybridized carbons (Fsp3) is 0.308. The van der Waals surface area contributed by atoms with Crippen LogP contribution in [-0.4, -0.2) is 19.1 Å². The van der Waals surface area contributed by atoms with Gasteiger partial charge in [-0.25, -0.2) is 4.98 Å². The second kappa shape index (κ2) is 5.71. The van der Waals surface area contributed by atoms with Crippen molar-refractivity contribution >= 4 is 38.8 Å². The number of rotatable bonds is 4. The lowest BCUT2D eigenvalue weighted by Gasteiger charge is -2.20. The topological polar surface area (TPSA) is 28.2 Å². The van der Waals surface area contributed by atoms with Crippen LogP contribution in [-0.2, 0) is 0 Å². The normalized spacial score (nSPS) is 12.2. The molecule has 0 fully saturated rings. The summed E-state index contributed by atoms with van der Waals surface area (Å²) in [6.07, 6.45) is 1.81. The van der Waals surface area contributed by atoms with Gasteiger partial charge in [0.1, 0.15) is 0 Å². The lowest BCUT2D eigenvalue weighted by atomic mass is 10.2. The molecule has 0 saturated carbocycles. The average molecular weight is 326 g/mol. The second-order valence-corrected chi connectivity index (χ2v) is 6.16. The van der Waals surface area contributed by atoms with Gasteiger partial charge in [-0.1, -0.05) is 0 Å². The number of hydrogen-bond acceptors (Lipinski definition) is 4. The minimum atomic E-state index is 0.268. The Kier molecular flexibility index (Phi) is 4.24. The predicted molar refractivity (Wildman–Crippen MR) is 82.6 cm³/mol. The van der Waals surface area contributed by atoms with Crippen molar-refractivity contribution in [3.8, 4) is 0 Å². The van der Waals surface area contributed by atoms with Gasteiger partial charge in [0.25, 0.3) is 0 Å². The SMILES string of the molecule is CC(Nc1cccnc1N(C)C)c1cc(Br)cs1. The van der Waals surface area contributed by atoms with Gasteiger partial charge in [0.2, 0.25) is 0 Å². The van der Waals surface area contributed by atoms with Crippen LogP contribution in [0.2, 0.25) is 0 Å². The first-order valence-corrected chi connectivity index (χ1v) is 7.38. The Hall–Kier alpha value is -1.07. The van der Waals surface area contributed by atoms with Crippen molar-refractivity contribution in [2.45, 2.75) is 13.0 Å². The van der Waals surface area contributed by atoms with Gasteiger partial charge in [-0.05, 0) is 41.1 Å². The zero-order valence-corrected chi connectivity index (χ0v) is 13.0. The van der Waals surface area contributed by atoms with Gasteiger partial charge in [0.05, 0.1) is 11.7 Å². The van der Waals surface area contributed by atoms with Crippen LogP contribution in [0.5, 0.6) is 0 Å². The molecular weight excluding hydrogens is 310 g/mol. The summed E-state index contributed by atoms with van der Waals surface area (Å²) in [5, 5.41) is 5.61. The predicted octanol–water partition coefficient (Wildman–Crippen LogP) is 4.14. The molecule has 0 aliphatic carbocycles. The number of thiophene rings is 1. The van der Waals surface area contributed by atoms with Crippen molar-refractivity contribution < 1.29 is 0 Å². The van der Waals surface area contributed by atoms with Gasteiger partial charge >= 0.3 is 0 Å². The molecule has 2 heterocycles. The highest BCUT2D eigenvalue weighted by molar-refractivity contribution is 9.10. The third-order valence-electron chi connectivity index (χ3n) is 2.60. The number of halogens is 1. The lowest BCUT2D eigenvalue weighted by molar-refractivity contribution is 0.901. The van der Waals surface area contributed by atoms with Crippen molar-refractivity contribution in [3.63, 3.8) is 0 Å². The van der Waals surface area contributed by atoms with Crippen LogP contribution >= 0.6 is 27.3 Å². The third-order valence-corrected chi connectivity index (χ3v) is 4.47. The standard InChI is InChI=1S/C13H16BrN3S/c1-9(12-7-10(14)8-18-12)16-11-5-4-6-15-13(11)17(2)3/h4-9,16H,1-3H3. The Morgan fingerprint density at radius 1 is 1.44 bits per heavy atom. The summed E-state index contributed by atoms with van der Waals surface area (Å²) in [5.74, 6) is 0.958. The van der Waals surface area contributed by atoms with Crippen LogP contribution in [0.25, 0.3) is 0 Å². The molecule has 1 N–H and O–H groups in total. The molecule has 2 aromatic heterocycles. The Morgan fingerprint density at radius 2 is 2.22 bits per heavy atom. The maximum absolute atomic E-state index is 4.39. The summed E-state index contributed by atoms with van der Waals surface area (Å²) < 4.78 is 1.13. The Balaban J connectivity index is 2.19. The quantitative estimate of drug-likeness (QED) is 0.915. The number of aromatic nitrogens is 1. The highest BCUT2D eigenvalue weighted by Gasteiger charge is 2.11. The van der Waals surface area contributed by atoms with E-state index in [0.717, 1.165) is 16.0 Å². The van der Waals surface area contributed by atoms with E-state index in [1.165, 1.54) is 4.88 Å². The summed E-state index contributed by atoms with van der Waals surface area (Å²) in [6, 6.07) is 6.42. The average Bonchev–Trinajstić information content (AvgIpc) is 2.76. The van der Waals surface area contributed by atoms with Gasteiger partial charge in [-0.15, -0.1) is 11.3 Å². The van der Waals surface area contributed by atoms with Crippen molar-refractivity contribution in [2.75, 3.05) is 24.3 Å². The van der Waals surface area contributed by atoms with E-state index in [9.17, 15) is 0 Å². The molecule has 96 valence electrons. The van der Waals surface area contributed by atoms with Crippen LogP contribution in [0, 0.1) is 0 Å². The van der Waals surface area contributed by atoms with Crippen molar-refractivity contribution in [2.24, 2.45) is 0 Å². The largest absolute Gasteiger partial charge is 0.375 e. The molecule has 0 amide bonds. The molecule has 0 bridgehead atoms. The van der Waals surface area contributed by atoms with E-state index in [2.05, 4.69) is 50.7 Å². The zero-order valence-electron chi connectivity index (χ0n) is 10.6. The van der Waals surface area contributed by atoms with Crippen molar-refractivity contribution in [1.29, 1.82) is 0 Å². The van der Waals surface area contributed by atoms with Crippen LogP contribution in [0.1, 0.15) is 17.8 Å². The van der Waals surface area contributed by atoms with Crippen LogP contribution in [0.3, 0.4) is 0 Å². The van der Waals surface area contributed by atoms with E-state index in [1.807, 2.05) is 31.3 Å². The molecule has 2 aromatic rings. The third kappa shape index (κ3) is 3.03. The smallest absolute Gasteiger partial charge is 0.151 e.